The van der Waals surface area contributed by atoms with E-state index in [1.165, 1.54) is 11.8 Å². The van der Waals surface area contributed by atoms with Gasteiger partial charge in [-0.1, -0.05) is 0 Å². The van der Waals surface area contributed by atoms with Gasteiger partial charge in [-0.25, -0.2) is 0 Å². The molecule has 0 radical (unpaired) electrons. The number of carboxylic acids is 2. The summed E-state index contributed by atoms with van der Waals surface area (Å²) in [5, 5.41) is 17.4. The van der Waals surface area contributed by atoms with Crippen molar-refractivity contribution in [1.82, 2.24) is 0 Å². The summed E-state index contributed by atoms with van der Waals surface area (Å²) in [4.78, 5) is 21.3. The maximum Gasteiger partial charge on any atom is 0.321 e. The topological polar surface area (TPSA) is 154 Å². The maximum atomic E-state index is 11.1. The largest absolute Gasteiger partial charge is 0.496 e. The molecule has 1 aromatic rings. The molecule has 0 aliphatic rings. The van der Waals surface area contributed by atoms with Gasteiger partial charge < -0.3 is 35.9 Å². The third-order valence-corrected chi connectivity index (χ3v) is 6.16. The Bertz CT molecular complexity index is 727. The molecule has 0 aromatic heterocycles. The molecule has 0 heterocycles. The molecule has 9 nitrogen and oxygen atoms in total. The number of ether oxygens (including phenoxy) is 3. The van der Waals surface area contributed by atoms with E-state index >= 15 is 0 Å². The molecule has 178 valence electrons. The quantitative estimate of drug-likeness (QED) is 0.316. The van der Waals surface area contributed by atoms with Crippen LogP contribution in [0.3, 0.4) is 0 Å². The Hall–Kier alpha value is -1.82. The second kappa shape index (κ2) is 12.3. The summed E-state index contributed by atoms with van der Waals surface area (Å²) in [6, 6.07) is 1.67. The zero-order valence-corrected chi connectivity index (χ0v) is 20.7. The van der Waals surface area contributed by atoms with Gasteiger partial charge in [-0.2, -0.15) is 12.6 Å². The average Bonchev–Trinajstić information content (AvgIpc) is 2.69. The van der Waals surface area contributed by atoms with Crippen molar-refractivity contribution in [2.24, 2.45) is 11.5 Å². The second-order valence-electron chi connectivity index (χ2n) is 7.69. The van der Waals surface area contributed by atoms with E-state index in [0.29, 0.717) is 23.0 Å². The van der Waals surface area contributed by atoms with Gasteiger partial charge in [0, 0.05) is 32.9 Å². The first kappa shape index (κ1) is 29.2. The van der Waals surface area contributed by atoms with Crippen molar-refractivity contribution in [3.05, 3.63) is 17.7 Å². The third-order valence-electron chi connectivity index (χ3n) is 4.45. The fourth-order valence-electron chi connectivity index (χ4n) is 2.17. The molecule has 0 spiro atoms. The smallest absolute Gasteiger partial charge is 0.321 e. The molecule has 0 aliphatic heterocycles. The number of rotatable bonds is 10. The van der Waals surface area contributed by atoms with Crippen LogP contribution in [-0.4, -0.2) is 65.1 Å². The van der Waals surface area contributed by atoms with Gasteiger partial charge in [0.05, 0.1) is 21.3 Å². The molecule has 31 heavy (non-hydrogen) atoms. The predicted molar refractivity (Wildman–Crippen MR) is 126 cm³/mol. The summed E-state index contributed by atoms with van der Waals surface area (Å²) >= 11 is 5.42. The molecule has 2 atom stereocenters. The predicted octanol–water partition coefficient (Wildman–Crippen LogP) is 2.24. The van der Waals surface area contributed by atoms with Gasteiger partial charge in [-0.15, -0.1) is 11.8 Å². The molecule has 0 bridgehead atoms. The average molecular weight is 479 g/mol. The lowest BCUT2D eigenvalue weighted by Crippen LogP contribution is -2.46. The number of thiol groups is 1. The van der Waals surface area contributed by atoms with Gasteiger partial charge in [0.2, 0.25) is 0 Å². The summed E-state index contributed by atoms with van der Waals surface area (Å²) in [6.45, 7) is 6.93. The van der Waals surface area contributed by atoms with Gasteiger partial charge in [0.1, 0.15) is 29.3 Å². The summed E-state index contributed by atoms with van der Waals surface area (Å²) < 4.78 is 14.7. The first-order chi connectivity index (χ1) is 14.1. The number of nitrogens with two attached hydrogens (primary N) is 2. The third kappa shape index (κ3) is 9.06. The van der Waals surface area contributed by atoms with E-state index < -0.39 is 33.5 Å². The van der Waals surface area contributed by atoms with Crippen LogP contribution in [0, 0.1) is 0 Å². The van der Waals surface area contributed by atoms with Crippen LogP contribution in [0.1, 0.15) is 33.3 Å². The lowest BCUT2D eigenvalue weighted by Gasteiger charge is -2.28. The van der Waals surface area contributed by atoms with Crippen LogP contribution in [0.4, 0.5) is 0 Å². The van der Waals surface area contributed by atoms with Crippen molar-refractivity contribution >= 4 is 36.3 Å². The van der Waals surface area contributed by atoms with E-state index in [-0.39, 0.29) is 0 Å². The van der Waals surface area contributed by atoms with Gasteiger partial charge in [-0.05, 0) is 27.7 Å². The Kier molecular flexibility index (Phi) is 11.6. The van der Waals surface area contributed by atoms with Gasteiger partial charge >= 0.3 is 11.9 Å². The normalized spacial score (nSPS) is 13.4. The summed E-state index contributed by atoms with van der Waals surface area (Å²) in [6.07, 6.45) is 0. The zero-order chi connectivity index (χ0) is 24.6. The molecule has 6 N–H and O–H groups in total. The first-order valence-corrected chi connectivity index (χ1v) is 10.7. The number of carboxylic acid groups (broad SMARTS) is 2. The Morgan fingerprint density at radius 3 is 1.65 bits per heavy atom. The van der Waals surface area contributed by atoms with Gasteiger partial charge in [-0.3, -0.25) is 9.59 Å². The van der Waals surface area contributed by atoms with E-state index in [9.17, 15) is 9.59 Å². The number of hydrogen-bond donors (Lipinski definition) is 5. The zero-order valence-electron chi connectivity index (χ0n) is 19.0. The molecule has 1 aromatic carbocycles. The minimum absolute atomic E-state index is 0.504. The van der Waals surface area contributed by atoms with Crippen molar-refractivity contribution in [3.8, 4) is 17.2 Å². The highest BCUT2D eigenvalue weighted by Gasteiger charge is 2.33. The number of hydrogen-bond acceptors (Lipinski definition) is 9. The SMILES string of the molecule is CC(C)(S)[C@@H](N)C(=O)O.COc1cc(OC)c(CSC(C)(C)[C@@H](N)C(=O)O)c(OC)c1. The molecule has 0 aliphatic carbocycles. The van der Waals surface area contributed by atoms with E-state index in [1.54, 1.807) is 61.2 Å². The lowest BCUT2D eigenvalue weighted by molar-refractivity contribution is -0.140. The number of benzene rings is 1. The highest BCUT2D eigenvalue weighted by molar-refractivity contribution is 7.99. The Morgan fingerprint density at radius 1 is 0.968 bits per heavy atom. The van der Waals surface area contributed by atoms with Crippen molar-refractivity contribution in [1.29, 1.82) is 0 Å². The molecule has 0 saturated carbocycles. The summed E-state index contributed by atoms with van der Waals surface area (Å²) in [5.74, 6) is 0.349. The number of methoxy groups -OCH3 is 3. The standard InChI is InChI=1S/C15H23NO5S.C5H11NO2S/c1-15(2,13(16)14(17)18)22-8-10-11(20-4)6-9(19-3)7-12(10)21-5;1-5(2,9)3(6)4(7)8/h6-7,13H,8,16H2,1-5H3,(H,17,18);3,9H,6H2,1-2H3,(H,7,8)/t13-;3-/m00/s1. The van der Waals surface area contributed by atoms with Crippen LogP contribution < -0.4 is 25.7 Å². The summed E-state index contributed by atoms with van der Waals surface area (Å²) in [7, 11) is 4.70. The number of thioether (sulfide) groups is 1. The summed E-state index contributed by atoms with van der Waals surface area (Å²) in [5.41, 5.74) is 11.8. The van der Waals surface area contributed by atoms with Crippen LogP contribution in [-0.2, 0) is 15.3 Å². The van der Waals surface area contributed by atoms with Gasteiger partial charge in [0.15, 0.2) is 0 Å². The Labute approximate surface area is 193 Å². The van der Waals surface area contributed by atoms with E-state index in [4.69, 9.17) is 35.9 Å². The molecule has 11 heteroatoms. The van der Waals surface area contributed by atoms with Crippen LogP contribution in [0.2, 0.25) is 0 Å². The number of carbonyl (C=O) groups is 2. The highest BCUT2D eigenvalue weighted by atomic mass is 32.2. The molecular weight excluding hydrogens is 444 g/mol. The molecule has 1 rings (SSSR count). The van der Waals surface area contributed by atoms with Crippen LogP contribution in [0.5, 0.6) is 17.2 Å². The highest BCUT2D eigenvalue weighted by Crippen LogP contribution is 2.40. The van der Waals surface area contributed by atoms with Crippen molar-refractivity contribution in [2.75, 3.05) is 21.3 Å². The van der Waals surface area contributed by atoms with Crippen molar-refractivity contribution < 1.29 is 34.0 Å². The Balaban J connectivity index is 0.000000842. The van der Waals surface area contributed by atoms with Crippen molar-refractivity contribution in [2.45, 2.75) is 55.0 Å². The monoisotopic (exact) mass is 478 g/mol. The number of aliphatic carboxylic acids is 2. The molecule has 0 amide bonds. The van der Waals surface area contributed by atoms with Crippen molar-refractivity contribution in [3.63, 3.8) is 0 Å². The lowest BCUT2D eigenvalue weighted by atomic mass is 10.1. The fraction of sp³-hybridized carbons (Fsp3) is 0.600. The van der Waals surface area contributed by atoms with Crippen LogP contribution in [0.15, 0.2) is 12.1 Å². The fourth-order valence-corrected chi connectivity index (χ4v) is 3.36. The first-order valence-electron chi connectivity index (χ1n) is 9.24. The molecule has 0 saturated heterocycles. The minimum Gasteiger partial charge on any atom is -0.496 e. The maximum absolute atomic E-state index is 11.1. The van der Waals surface area contributed by atoms with Crippen LogP contribution >= 0.6 is 24.4 Å². The van der Waals surface area contributed by atoms with Gasteiger partial charge in [0.25, 0.3) is 0 Å². The van der Waals surface area contributed by atoms with E-state index in [1.807, 2.05) is 0 Å². The van der Waals surface area contributed by atoms with E-state index in [0.717, 1.165) is 5.56 Å². The molecule has 0 fully saturated rings. The minimum atomic E-state index is -1.02. The second-order valence-corrected chi connectivity index (χ2v) is 10.5. The Morgan fingerprint density at radius 2 is 1.39 bits per heavy atom. The van der Waals surface area contributed by atoms with E-state index in [2.05, 4.69) is 12.6 Å². The molecular formula is C20H34N2O7S2. The van der Waals surface area contributed by atoms with Crippen LogP contribution in [0.25, 0.3) is 0 Å². The molecule has 0 unspecified atom stereocenters.